The molecule has 0 unspecified atom stereocenters. The summed E-state index contributed by atoms with van der Waals surface area (Å²) in [6, 6.07) is 9.24. The molecule has 1 saturated heterocycles. The number of rotatable bonds is 9. The SMILES string of the molecule is COc1ccc(-c2ccc(N3CCN(C(=O)CN(CC(C)C)C(=O)NC(C)C)CC3)nn2)c(OC)c1. The molecule has 1 fully saturated rings. The summed E-state index contributed by atoms with van der Waals surface area (Å²) in [4.78, 5) is 31.1. The summed E-state index contributed by atoms with van der Waals surface area (Å²) >= 11 is 0. The maximum absolute atomic E-state index is 13.0. The summed E-state index contributed by atoms with van der Waals surface area (Å²) in [6.07, 6.45) is 0. The van der Waals surface area contributed by atoms with Gasteiger partial charge in [-0.05, 0) is 44.0 Å². The summed E-state index contributed by atoms with van der Waals surface area (Å²) < 4.78 is 10.7. The van der Waals surface area contributed by atoms with Gasteiger partial charge in [-0.1, -0.05) is 13.8 Å². The Morgan fingerprint density at radius 2 is 1.72 bits per heavy atom. The van der Waals surface area contributed by atoms with E-state index in [0.29, 0.717) is 49.9 Å². The van der Waals surface area contributed by atoms with Crippen LogP contribution in [0.15, 0.2) is 30.3 Å². The summed E-state index contributed by atoms with van der Waals surface area (Å²) in [5.74, 6) is 2.36. The number of hydrogen-bond acceptors (Lipinski definition) is 7. The normalized spacial score (nSPS) is 13.7. The Hall–Kier alpha value is -3.56. The van der Waals surface area contributed by atoms with Crippen molar-refractivity contribution in [2.24, 2.45) is 5.92 Å². The van der Waals surface area contributed by atoms with Gasteiger partial charge in [-0.25, -0.2) is 4.79 Å². The lowest BCUT2D eigenvalue weighted by molar-refractivity contribution is -0.132. The zero-order chi connectivity index (χ0) is 26.2. The fraction of sp³-hybridized carbons (Fsp3) is 0.538. The second kappa shape index (κ2) is 12.4. The second-order valence-corrected chi connectivity index (χ2v) is 9.59. The molecule has 10 nitrogen and oxygen atoms in total. The fourth-order valence-electron chi connectivity index (χ4n) is 4.09. The molecule has 1 aliphatic rings. The summed E-state index contributed by atoms with van der Waals surface area (Å²) in [5, 5.41) is 11.7. The highest BCUT2D eigenvalue weighted by molar-refractivity contribution is 5.84. The molecule has 1 N–H and O–H groups in total. The molecule has 1 aromatic carbocycles. The van der Waals surface area contributed by atoms with Crippen LogP contribution in [0.3, 0.4) is 0 Å². The first-order valence-corrected chi connectivity index (χ1v) is 12.4. The van der Waals surface area contributed by atoms with Crippen LogP contribution in [0.1, 0.15) is 27.7 Å². The third-order valence-corrected chi connectivity index (χ3v) is 5.90. The average Bonchev–Trinajstić information content (AvgIpc) is 2.87. The van der Waals surface area contributed by atoms with Gasteiger partial charge in [0, 0.05) is 50.4 Å². The molecule has 2 heterocycles. The second-order valence-electron chi connectivity index (χ2n) is 9.59. The van der Waals surface area contributed by atoms with Gasteiger partial charge in [-0.3, -0.25) is 4.79 Å². The van der Waals surface area contributed by atoms with E-state index in [0.717, 1.165) is 11.4 Å². The Morgan fingerprint density at radius 3 is 2.28 bits per heavy atom. The van der Waals surface area contributed by atoms with Crippen LogP contribution < -0.4 is 19.7 Å². The number of ether oxygens (including phenoxy) is 2. The molecule has 0 aliphatic carbocycles. The average molecular weight is 499 g/mol. The number of nitrogens with zero attached hydrogens (tertiary/aromatic N) is 5. The predicted molar refractivity (Wildman–Crippen MR) is 139 cm³/mol. The first kappa shape index (κ1) is 27.0. The first-order valence-electron chi connectivity index (χ1n) is 12.4. The number of urea groups is 1. The van der Waals surface area contributed by atoms with Gasteiger partial charge in [0.15, 0.2) is 5.82 Å². The lowest BCUT2D eigenvalue weighted by Gasteiger charge is -2.36. The minimum absolute atomic E-state index is 0.0177. The Morgan fingerprint density at radius 1 is 1.00 bits per heavy atom. The molecular weight excluding hydrogens is 460 g/mol. The number of amides is 3. The van der Waals surface area contributed by atoms with Crippen LogP contribution in [0.2, 0.25) is 0 Å². The van der Waals surface area contributed by atoms with Crippen LogP contribution in [0, 0.1) is 5.92 Å². The number of aromatic nitrogens is 2. The van der Waals surface area contributed by atoms with Crippen molar-refractivity contribution in [2.75, 3.05) is 58.4 Å². The predicted octanol–water partition coefficient (Wildman–Crippen LogP) is 2.89. The van der Waals surface area contributed by atoms with Gasteiger partial charge in [0.25, 0.3) is 0 Å². The number of piperazine rings is 1. The molecule has 0 radical (unpaired) electrons. The van der Waals surface area contributed by atoms with E-state index in [9.17, 15) is 9.59 Å². The molecule has 1 aliphatic heterocycles. The molecule has 0 saturated carbocycles. The summed E-state index contributed by atoms with van der Waals surface area (Å²) in [5.41, 5.74) is 1.54. The van der Waals surface area contributed by atoms with Crippen molar-refractivity contribution in [3.05, 3.63) is 30.3 Å². The Bertz CT molecular complexity index is 1020. The molecule has 3 rings (SSSR count). The zero-order valence-electron chi connectivity index (χ0n) is 22.2. The molecule has 0 atom stereocenters. The van der Waals surface area contributed by atoms with E-state index in [1.165, 1.54) is 0 Å². The smallest absolute Gasteiger partial charge is 0.318 e. The van der Waals surface area contributed by atoms with Crippen molar-refractivity contribution in [2.45, 2.75) is 33.7 Å². The van der Waals surface area contributed by atoms with E-state index < -0.39 is 0 Å². The maximum atomic E-state index is 13.0. The maximum Gasteiger partial charge on any atom is 0.318 e. The Labute approximate surface area is 213 Å². The fourth-order valence-corrected chi connectivity index (χ4v) is 4.09. The highest BCUT2D eigenvalue weighted by atomic mass is 16.5. The molecule has 10 heteroatoms. The van der Waals surface area contributed by atoms with Gasteiger partial charge < -0.3 is 29.5 Å². The minimum Gasteiger partial charge on any atom is -0.497 e. The third-order valence-electron chi connectivity index (χ3n) is 5.90. The van der Waals surface area contributed by atoms with Crippen molar-refractivity contribution in [3.63, 3.8) is 0 Å². The number of carbonyl (C=O) groups is 2. The molecular formula is C26H38N6O4. The topological polar surface area (TPSA) is 100 Å². The number of hydrogen-bond donors (Lipinski definition) is 1. The molecule has 1 aromatic heterocycles. The van der Waals surface area contributed by atoms with Crippen molar-refractivity contribution < 1.29 is 19.1 Å². The quantitative estimate of drug-likeness (QED) is 0.567. The molecule has 36 heavy (non-hydrogen) atoms. The number of carbonyl (C=O) groups excluding carboxylic acids is 2. The lowest BCUT2D eigenvalue weighted by atomic mass is 10.1. The van der Waals surface area contributed by atoms with E-state index in [1.54, 1.807) is 19.1 Å². The third kappa shape index (κ3) is 6.99. The van der Waals surface area contributed by atoms with Crippen LogP contribution >= 0.6 is 0 Å². The van der Waals surface area contributed by atoms with Gasteiger partial charge in [-0.15, -0.1) is 10.2 Å². The van der Waals surface area contributed by atoms with Crippen molar-refractivity contribution in [3.8, 4) is 22.8 Å². The minimum atomic E-state index is -0.199. The molecule has 3 amide bonds. The van der Waals surface area contributed by atoms with Gasteiger partial charge in [0.05, 0.1) is 19.9 Å². The first-order chi connectivity index (χ1) is 17.2. The molecule has 2 aromatic rings. The van der Waals surface area contributed by atoms with Gasteiger partial charge >= 0.3 is 6.03 Å². The van der Waals surface area contributed by atoms with E-state index in [2.05, 4.69) is 20.4 Å². The van der Waals surface area contributed by atoms with Crippen molar-refractivity contribution in [1.82, 2.24) is 25.3 Å². The van der Waals surface area contributed by atoms with Crippen LogP contribution in [0.5, 0.6) is 11.5 Å². The van der Waals surface area contributed by atoms with Gasteiger partial charge in [0.1, 0.15) is 18.0 Å². The molecule has 196 valence electrons. The Balaban J connectivity index is 1.59. The highest BCUT2D eigenvalue weighted by Crippen LogP contribution is 2.32. The van der Waals surface area contributed by atoms with E-state index in [-0.39, 0.29) is 30.4 Å². The molecule has 0 bridgehead atoms. The number of methoxy groups -OCH3 is 2. The standard InChI is InChI=1S/C26H38N6O4/c1-18(2)16-32(26(34)27-19(3)4)17-25(33)31-13-11-30(12-14-31)24-10-9-22(28-29-24)21-8-7-20(35-5)15-23(21)36-6/h7-10,15,18-19H,11-14,16-17H2,1-6H3,(H,27,34). The van der Waals surface area contributed by atoms with E-state index in [4.69, 9.17) is 9.47 Å². The van der Waals surface area contributed by atoms with Gasteiger partial charge in [0.2, 0.25) is 5.91 Å². The number of anilines is 1. The van der Waals surface area contributed by atoms with E-state index in [1.807, 2.05) is 62.9 Å². The van der Waals surface area contributed by atoms with Crippen LogP contribution in [-0.2, 0) is 4.79 Å². The van der Waals surface area contributed by atoms with Crippen LogP contribution in [0.4, 0.5) is 10.6 Å². The summed E-state index contributed by atoms with van der Waals surface area (Å²) in [6.45, 7) is 10.9. The number of nitrogens with one attached hydrogen (secondary N) is 1. The van der Waals surface area contributed by atoms with Crippen molar-refractivity contribution >= 4 is 17.8 Å². The lowest BCUT2D eigenvalue weighted by Crippen LogP contribution is -2.54. The highest BCUT2D eigenvalue weighted by Gasteiger charge is 2.26. The Kier molecular flexibility index (Phi) is 9.32. The zero-order valence-corrected chi connectivity index (χ0v) is 22.2. The largest absolute Gasteiger partial charge is 0.497 e. The van der Waals surface area contributed by atoms with Gasteiger partial charge in [-0.2, -0.15) is 0 Å². The van der Waals surface area contributed by atoms with Crippen molar-refractivity contribution in [1.29, 1.82) is 0 Å². The van der Waals surface area contributed by atoms with E-state index >= 15 is 0 Å². The van der Waals surface area contributed by atoms with Crippen LogP contribution in [0.25, 0.3) is 11.3 Å². The van der Waals surface area contributed by atoms with Crippen LogP contribution in [-0.4, -0.2) is 91.5 Å². The monoisotopic (exact) mass is 498 g/mol. The number of benzene rings is 1. The summed E-state index contributed by atoms with van der Waals surface area (Å²) in [7, 11) is 3.22. The molecule has 0 spiro atoms.